The largest absolute Gasteiger partial charge is 1.00 e. The molecule has 38 heavy (non-hydrogen) atoms. The first-order valence-corrected chi connectivity index (χ1v) is 15.9. The van der Waals surface area contributed by atoms with Crippen LogP contribution in [0.5, 0.6) is 0 Å². The van der Waals surface area contributed by atoms with Gasteiger partial charge in [0.25, 0.3) is 0 Å². The van der Waals surface area contributed by atoms with E-state index in [4.69, 9.17) is 4.98 Å². The van der Waals surface area contributed by atoms with E-state index in [1.165, 1.54) is 108 Å². The summed E-state index contributed by atoms with van der Waals surface area (Å²) in [5, 5.41) is 0. The van der Waals surface area contributed by atoms with Crippen LogP contribution in [0, 0.1) is 0 Å². The van der Waals surface area contributed by atoms with Crippen LogP contribution in [0.1, 0.15) is 115 Å². The Kier molecular flexibility index (Phi) is 15.8. The van der Waals surface area contributed by atoms with Crippen LogP contribution < -0.4 is 29.6 Å². The maximum atomic E-state index is 11.5. The van der Waals surface area contributed by atoms with Crippen LogP contribution in [0.15, 0.2) is 53.4 Å². The Morgan fingerprint density at radius 1 is 0.737 bits per heavy atom. The van der Waals surface area contributed by atoms with Crippen molar-refractivity contribution in [1.82, 2.24) is 9.55 Å². The van der Waals surface area contributed by atoms with Gasteiger partial charge in [0, 0.05) is 13.0 Å². The van der Waals surface area contributed by atoms with E-state index in [1.807, 2.05) is 18.2 Å². The molecule has 204 valence electrons. The van der Waals surface area contributed by atoms with Gasteiger partial charge in [-0.25, -0.2) is 13.4 Å². The Hall–Kier alpha value is -1.18. The molecule has 3 aromatic rings. The maximum Gasteiger partial charge on any atom is 1.00 e. The number of unbranched alkanes of at least 4 members (excludes halogenated alkanes) is 14. The van der Waals surface area contributed by atoms with E-state index in [9.17, 15) is 13.0 Å². The number of fused-ring (bicyclic) bond motifs is 1. The third kappa shape index (κ3) is 11.5. The molecule has 1 aromatic heterocycles. The number of hydrogen-bond donors (Lipinski definition) is 0. The number of aryl methyl sites for hydroxylation is 1. The fraction of sp³-hybridized carbons (Fsp3) is 0.581. The molecule has 1 heterocycles. The van der Waals surface area contributed by atoms with Gasteiger partial charge in [-0.3, -0.25) is 0 Å². The molecule has 0 saturated carbocycles. The molecule has 0 atom stereocenters. The van der Waals surface area contributed by atoms with Crippen molar-refractivity contribution in [1.29, 1.82) is 0 Å². The summed E-state index contributed by atoms with van der Waals surface area (Å²) in [6, 6.07) is 14.7. The van der Waals surface area contributed by atoms with Gasteiger partial charge in [0.1, 0.15) is 15.9 Å². The molecule has 0 fully saturated rings. The average molecular weight is 549 g/mol. The molecule has 0 N–H and O–H groups in total. The fourth-order valence-corrected chi connectivity index (χ4v) is 5.59. The summed E-state index contributed by atoms with van der Waals surface area (Å²) >= 11 is 0. The van der Waals surface area contributed by atoms with Crippen LogP contribution in [-0.4, -0.2) is 22.5 Å². The number of nitrogens with zero attached hydrogens (tertiary/aromatic N) is 2. The van der Waals surface area contributed by atoms with Gasteiger partial charge in [0.2, 0.25) is 0 Å². The molecular weight excluding hydrogens is 503 g/mol. The molecule has 0 amide bonds. The molecule has 0 aliphatic heterocycles. The van der Waals surface area contributed by atoms with E-state index in [1.54, 1.807) is 6.07 Å². The zero-order valence-electron chi connectivity index (χ0n) is 23.7. The van der Waals surface area contributed by atoms with Crippen molar-refractivity contribution in [2.45, 2.75) is 121 Å². The maximum absolute atomic E-state index is 11.5. The second kappa shape index (κ2) is 18.2. The van der Waals surface area contributed by atoms with E-state index in [-0.39, 0.29) is 34.5 Å². The minimum absolute atomic E-state index is 0. The van der Waals surface area contributed by atoms with Crippen LogP contribution >= 0.6 is 0 Å². The topological polar surface area (TPSA) is 75.0 Å². The number of benzene rings is 2. The second-order valence-electron chi connectivity index (χ2n) is 10.4. The Bertz CT molecular complexity index is 1160. The number of imidazole rings is 1. The molecule has 5 nitrogen and oxygen atoms in total. The zero-order valence-corrected chi connectivity index (χ0v) is 26.5. The van der Waals surface area contributed by atoms with Crippen LogP contribution in [0.3, 0.4) is 0 Å². The molecule has 0 saturated heterocycles. The summed E-state index contributed by atoms with van der Waals surface area (Å²) in [6.45, 7) is 2.95. The summed E-state index contributed by atoms with van der Waals surface area (Å²) < 4.78 is 36.7. The van der Waals surface area contributed by atoms with Crippen molar-refractivity contribution in [2.24, 2.45) is 0 Å². The van der Waals surface area contributed by atoms with Crippen molar-refractivity contribution in [3.63, 3.8) is 0 Å². The van der Waals surface area contributed by atoms with Gasteiger partial charge >= 0.3 is 29.6 Å². The molecule has 0 spiro atoms. The van der Waals surface area contributed by atoms with Crippen molar-refractivity contribution in [3.05, 3.63) is 59.9 Å². The monoisotopic (exact) mass is 548 g/mol. The van der Waals surface area contributed by atoms with Gasteiger partial charge < -0.3 is 9.12 Å². The van der Waals surface area contributed by atoms with Crippen molar-refractivity contribution >= 4 is 21.2 Å². The molecule has 7 heteroatoms. The Morgan fingerprint density at radius 2 is 1.26 bits per heavy atom. The number of hydrogen-bond acceptors (Lipinski definition) is 4. The summed E-state index contributed by atoms with van der Waals surface area (Å²) in [5.74, 6) is 0.953. The SMILES string of the molecule is CCCCCCCCCCCCCCCCCc1nc2cc(S(=O)(=O)[O-])ccc2n1Cc1ccccc1.[Na+]. The fourth-order valence-electron chi connectivity index (χ4n) is 5.10. The van der Waals surface area contributed by atoms with Crippen molar-refractivity contribution in [3.8, 4) is 0 Å². The Morgan fingerprint density at radius 3 is 1.79 bits per heavy atom. The minimum Gasteiger partial charge on any atom is -0.744 e. The van der Waals surface area contributed by atoms with Gasteiger partial charge in [-0.15, -0.1) is 0 Å². The van der Waals surface area contributed by atoms with Crippen molar-refractivity contribution in [2.75, 3.05) is 0 Å². The molecule has 3 rings (SSSR count). The van der Waals surface area contributed by atoms with E-state index in [2.05, 4.69) is 23.6 Å². The quantitative estimate of drug-likeness (QED) is 0.114. The molecule has 0 bridgehead atoms. The number of rotatable bonds is 19. The third-order valence-electron chi connectivity index (χ3n) is 7.27. The van der Waals surface area contributed by atoms with Gasteiger partial charge in [0.15, 0.2) is 0 Å². The van der Waals surface area contributed by atoms with E-state index in [0.717, 1.165) is 24.2 Å². The van der Waals surface area contributed by atoms with Gasteiger partial charge in [0.05, 0.1) is 15.9 Å². The van der Waals surface area contributed by atoms with Crippen LogP contribution in [0.25, 0.3) is 11.0 Å². The van der Waals surface area contributed by atoms with Crippen LogP contribution in [0.2, 0.25) is 0 Å². The summed E-state index contributed by atoms with van der Waals surface area (Å²) in [6.07, 6.45) is 20.8. The van der Waals surface area contributed by atoms with Gasteiger partial charge in [-0.05, 0) is 30.2 Å². The predicted octanol–water partition coefficient (Wildman–Crippen LogP) is 5.41. The zero-order chi connectivity index (χ0) is 26.3. The molecular formula is C31H45N2NaO3S. The molecule has 0 radical (unpaired) electrons. The van der Waals surface area contributed by atoms with Crippen LogP contribution in [0.4, 0.5) is 0 Å². The van der Waals surface area contributed by atoms with E-state index < -0.39 is 10.1 Å². The van der Waals surface area contributed by atoms with E-state index in [0.29, 0.717) is 12.1 Å². The number of aromatic nitrogens is 2. The molecule has 0 unspecified atom stereocenters. The summed E-state index contributed by atoms with van der Waals surface area (Å²) in [5.41, 5.74) is 2.61. The van der Waals surface area contributed by atoms with Gasteiger partial charge in [-0.1, -0.05) is 127 Å². The predicted molar refractivity (Wildman–Crippen MR) is 152 cm³/mol. The standard InChI is InChI=1S/C31H46N2O3S.Na/c1-2-3-4-5-6-7-8-9-10-11-12-13-14-15-19-22-31-32-29-25-28(37(34,35)36)23-24-30(29)33(31)26-27-20-17-16-18-21-27;/h16-18,20-21,23-25H,2-15,19,22,26H2,1H3,(H,34,35,36);/q;+1/p-1. The molecule has 0 aliphatic rings. The first-order valence-electron chi connectivity index (χ1n) is 14.5. The van der Waals surface area contributed by atoms with E-state index >= 15 is 0 Å². The summed E-state index contributed by atoms with van der Waals surface area (Å²) in [4.78, 5) is 4.53. The molecule has 2 aromatic carbocycles. The average Bonchev–Trinajstić information content (AvgIpc) is 3.23. The smallest absolute Gasteiger partial charge is 0.744 e. The second-order valence-corrected chi connectivity index (χ2v) is 11.8. The first-order chi connectivity index (χ1) is 18.0. The first kappa shape index (κ1) is 33.0. The van der Waals surface area contributed by atoms with Crippen molar-refractivity contribution < 1.29 is 42.5 Å². The Labute approximate surface area is 252 Å². The van der Waals surface area contributed by atoms with Gasteiger partial charge in [-0.2, -0.15) is 0 Å². The normalized spacial score (nSPS) is 11.6. The third-order valence-corrected chi connectivity index (χ3v) is 8.11. The Balaban J connectivity index is 0.00000507. The summed E-state index contributed by atoms with van der Waals surface area (Å²) in [7, 11) is -4.50. The molecule has 0 aliphatic carbocycles. The van der Waals surface area contributed by atoms with Crippen LogP contribution in [-0.2, 0) is 23.1 Å². The minimum atomic E-state index is -4.50.